The summed E-state index contributed by atoms with van der Waals surface area (Å²) in [4.78, 5) is 11.6. The van der Waals surface area contributed by atoms with Gasteiger partial charge in [0.2, 0.25) is 5.91 Å². The normalized spacial score (nSPS) is 12.0. The molecule has 1 N–H and O–H groups in total. The Kier molecular flexibility index (Phi) is 6.04. The lowest BCUT2D eigenvalue weighted by atomic mass is 10.3. The molecular formula is C14H20ClNO4S. The largest absolute Gasteiger partial charge is 0.492 e. The van der Waals surface area contributed by atoms with Crippen LogP contribution in [0.1, 0.15) is 20.8 Å². The first-order valence-corrected chi connectivity index (χ1v) is 8.52. The van der Waals surface area contributed by atoms with Gasteiger partial charge >= 0.3 is 0 Å². The first-order chi connectivity index (χ1) is 9.62. The second kappa shape index (κ2) is 7.13. The summed E-state index contributed by atoms with van der Waals surface area (Å²) in [7, 11) is -3.46. The molecule has 0 aliphatic heterocycles. The number of hydrogen-bond acceptors (Lipinski definition) is 4. The van der Waals surface area contributed by atoms with Crippen LogP contribution >= 0.6 is 11.6 Å². The molecule has 0 saturated heterocycles. The molecule has 0 heterocycles. The third-order valence-corrected chi connectivity index (χ3v) is 5.52. The van der Waals surface area contributed by atoms with Crippen molar-refractivity contribution in [3.8, 4) is 5.75 Å². The van der Waals surface area contributed by atoms with Gasteiger partial charge in [-0.1, -0.05) is 11.6 Å². The van der Waals surface area contributed by atoms with Crippen LogP contribution in [0.15, 0.2) is 24.3 Å². The number of carbonyl (C=O) groups is 1. The van der Waals surface area contributed by atoms with Gasteiger partial charge in [0.05, 0.1) is 11.3 Å². The van der Waals surface area contributed by atoms with Gasteiger partial charge in [0.15, 0.2) is 9.84 Å². The smallest absolute Gasteiger partial charge is 0.235 e. The molecule has 0 aliphatic rings. The highest BCUT2D eigenvalue weighted by Crippen LogP contribution is 2.16. The van der Waals surface area contributed by atoms with Crippen molar-refractivity contribution >= 4 is 27.3 Å². The van der Waals surface area contributed by atoms with E-state index in [4.69, 9.17) is 16.3 Å². The van der Waals surface area contributed by atoms with E-state index in [1.807, 2.05) is 0 Å². The molecule has 0 fully saturated rings. The van der Waals surface area contributed by atoms with Crippen LogP contribution in [0.5, 0.6) is 5.75 Å². The van der Waals surface area contributed by atoms with E-state index in [-0.39, 0.29) is 13.2 Å². The minimum absolute atomic E-state index is 0.237. The van der Waals surface area contributed by atoms with Gasteiger partial charge in [0, 0.05) is 5.02 Å². The topological polar surface area (TPSA) is 72.5 Å². The Labute approximate surface area is 130 Å². The number of benzene rings is 1. The summed E-state index contributed by atoms with van der Waals surface area (Å²) >= 11 is 5.74. The third-order valence-electron chi connectivity index (χ3n) is 2.76. The fraction of sp³-hybridized carbons (Fsp3) is 0.500. The number of carbonyl (C=O) groups excluding carboxylic acids is 1. The lowest BCUT2D eigenvalue weighted by Gasteiger charge is -2.18. The fourth-order valence-electron chi connectivity index (χ4n) is 1.33. The second-order valence-corrected chi connectivity index (χ2v) is 8.70. The summed E-state index contributed by atoms with van der Waals surface area (Å²) in [6, 6.07) is 6.83. The molecule has 0 aliphatic carbocycles. The minimum Gasteiger partial charge on any atom is -0.492 e. The predicted molar refractivity (Wildman–Crippen MR) is 83.5 cm³/mol. The van der Waals surface area contributed by atoms with Gasteiger partial charge in [-0.25, -0.2) is 8.42 Å². The second-order valence-electron chi connectivity index (χ2n) is 5.52. The molecule has 0 radical (unpaired) electrons. The Morgan fingerprint density at radius 1 is 1.24 bits per heavy atom. The Balaban J connectivity index is 2.33. The SMILES string of the molecule is CC(C)(C)S(=O)(=O)CC(=O)NCCOc1ccc(Cl)cc1. The van der Waals surface area contributed by atoms with Crippen LogP contribution in [-0.2, 0) is 14.6 Å². The van der Waals surface area contributed by atoms with E-state index in [0.29, 0.717) is 10.8 Å². The molecule has 0 unspecified atom stereocenters. The lowest BCUT2D eigenvalue weighted by Crippen LogP contribution is -2.39. The van der Waals surface area contributed by atoms with Crippen molar-refractivity contribution in [3.05, 3.63) is 29.3 Å². The van der Waals surface area contributed by atoms with Gasteiger partial charge in [-0.05, 0) is 45.0 Å². The molecular weight excluding hydrogens is 314 g/mol. The van der Waals surface area contributed by atoms with Crippen LogP contribution in [0.2, 0.25) is 5.02 Å². The Morgan fingerprint density at radius 2 is 1.81 bits per heavy atom. The van der Waals surface area contributed by atoms with Crippen molar-refractivity contribution in [1.29, 1.82) is 0 Å². The molecule has 1 aromatic rings. The minimum atomic E-state index is -3.46. The van der Waals surface area contributed by atoms with Gasteiger partial charge in [-0.15, -0.1) is 0 Å². The molecule has 0 atom stereocenters. The number of ether oxygens (including phenoxy) is 1. The van der Waals surface area contributed by atoms with Crippen molar-refractivity contribution in [2.45, 2.75) is 25.5 Å². The predicted octanol–water partition coefficient (Wildman–Crippen LogP) is 2.05. The molecule has 1 aromatic carbocycles. The maximum atomic E-state index is 11.8. The standard InChI is InChI=1S/C14H20ClNO4S/c1-14(2,3)21(18,19)10-13(17)16-8-9-20-12-6-4-11(15)5-7-12/h4-7H,8-10H2,1-3H3,(H,16,17). The summed E-state index contributed by atoms with van der Waals surface area (Å²) in [6.45, 7) is 5.20. The number of hydrogen-bond donors (Lipinski definition) is 1. The highest BCUT2D eigenvalue weighted by atomic mass is 35.5. The maximum Gasteiger partial charge on any atom is 0.235 e. The fourth-order valence-corrected chi connectivity index (χ4v) is 2.34. The van der Waals surface area contributed by atoms with E-state index in [1.165, 1.54) is 0 Å². The molecule has 0 saturated carbocycles. The van der Waals surface area contributed by atoms with Gasteiger partial charge < -0.3 is 10.1 Å². The third kappa shape index (κ3) is 5.93. The van der Waals surface area contributed by atoms with Gasteiger partial charge in [-0.2, -0.15) is 0 Å². The van der Waals surface area contributed by atoms with E-state index in [0.717, 1.165) is 0 Å². The summed E-state index contributed by atoms with van der Waals surface area (Å²) in [6.07, 6.45) is 0. The highest BCUT2D eigenvalue weighted by Gasteiger charge is 2.30. The maximum absolute atomic E-state index is 11.8. The first-order valence-electron chi connectivity index (χ1n) is 6.49. The van der Waals surface area contributed by atoms with Crippen LogP contribution in [0.25, 0.3) is 0 Å². The molecule has 21 heavy (non-hydrogen) atoms. The lowest BCUT2D eigenvalue weighted by molar-refractivity contribution is -0.118. The summed E-state index contributed by atoms with van der Waals surface area (Å²) in [5.74, 6) is -0.405. The van der Waals surface area contributed by atoms with Crippen LogP contribution in [0.3, 0.4) is 0 Å². The van der Waals surface area contributed by atoms with Crippen LogP contribution in [0, 0.1) is 0 Å². The summed E-state index contributed by atoms with van der Waals surface area (Å²) in [5.41, 5.74) is 0. The zero-order valence-electron chi connectivity index (χ0n) is 12.3. The first kappa shape index (κ1) is 17.8. The van der Waals surface area contributed by atoms with Gasteiger partial charge in [0.1, 0.15) is 18.1 Å². The van der Waals surface area contributed by atoms with Gasteiger partial charge in [0.25, 0.3) is 0 Å². The van der Waals surface area contributed by atoms with Crippen molar-refractivity contribution < 1.29 is 17.9 Å². The molecule has 7 heteroatoms. The molecule has 0 bridgehead atoms. The van der Waals surface area contributed by atoms with E-state index in [2.05, 4.69) is 5.32 Å². The Hall–Kier alpha value is -1.27. The number of amides is 1. The molecule has 0 aromatic heterocycles. The van der Waals surface area contributed by atoms with Gasteiger partial charge in [-0.3, -0.25) is 4.79 Å². The number of rotatable bonds is 6. The van der Waals surface area contributed by atoms with Crippen LogP contribution in [-0.4, -0.2) is 38.0 Å². The van der Waals surface area contributed by atoms with Crippen molar-refractivity contribution in [1.82, 2.24) is 5.32 Å². The molecule has 1 amide bonds. The monoisotopic (exact) mass is 333 g/mol. The Morgan fingerprint density at radius 3 is 2.33 bits per heavy atom. The zero-order valence-corrected chi connectivity index (χ0v) is 13.9. The van der Waals surface area contributed by atoms with E-state index >= 15 is 0 Å². The van der Waals surface area contributed by atoms with E-state index in [1.54, 1.807) is 45.0 Å². The van der Waals surface area contributed by atoms with E-state index in [9.17, 15) is 13.2 Å². The van der Waals surface area contributed by atoms with Crippen molar-refractivity contribution in [2.24, 2.45) is 0 Å². The number of nitrogens with one attached hydrogen (secondary N) is 1. The molecule has 1 rings (SSSR count). The summed E-state index contributed by atoms with van der Waals surface area (Å²) < 4.78 is 28.1. The Bertz CT molecular complexity index is 576. The summed E-state index contributed by atoms with van der Waals surface area (Å²) in [5, 5.41) is 3.14. The van der Waals surface area contributed by atoms with Crippen LogP contribution in [0.4, 0.5) is 0 Å². The van der Waals surface area contributed by atoms with Crippen LogP contribution < -0.4 is 10.1 Å². The van der Waals surface area contributed by atoms with Crippen molar-refractivity contribution in [2.75, 3.05) is 18.9 Å². The highest BCUT2D eigenvalue weighted by molar-refractivity contribution is 7.93. The van der Waals surface area contributed by atoms with Crippen molar-refractivity contribution in [3.63, 3.8) is 0 Å². The number of sulfone groups is 1. The van der Waals surface area contributed by atoms with E-state index < -0.39 is 26.2 Å². The molecule has 118 valence electrons. The molecule has 0 spiro atoms. The average Bonchev–Trinajstić information content (AvgIpc) is 2.35. The molecule has 5 nitrogen and oxygen atoms in total. The zero-order chi connectivity index (χ0) is 16.1. The average molecular weight is 334 g/mol. The quantitative estimate of drug-likeness (QED) is 0.809. The number of halogens is 1.